The number of halogens is 2. The minimum Gasteiger partial charge on any atom is -0.289 e. The number of benzene rings is 2. The highest BCUT2D eigenvalue weighted by Gasteiger charge is 2.15. The molecule has 3 rings (SSSR count). The normalized spacial score (nSPS) is 10.7. The number of rotatable bonds is 2. The van der Waals surface area contributed by atoms with Crippen LogP contribution in [0.4, 0.5) is 4.39 Å². The first-order chi connectivity index (χ1) is 9.66. The average Bonchev–Trinajstić information content (AvgIpc) is 2.46. The third-order valence-electron chi connectivity index (χ3n) is 3.07. The molecule has 98 valence electrons. The second kappa shape index (κ2) is 5.13. The van der Waals surface area contributed by atoms with Crippen molar-refractivity contribution < 1.29 is 9.18 Å². The summed E-state index contributed by atoms with van der Waals surface area (Å²) in [6.45, 7) is 0. The Bertz CT molecular complexity index is 811. The number of nitrogens with zero attached hydrogens (tertiary/aromatic N) is 1. The van der Waals surface area contributed by atoms with Crippen LogP contribution in [0.1, 0.15) is 15.9 Å². The van der Waals surface area contributed by atoms with Crippen LogP contribution in [0.25, 0.3) is 10.9 Å². The van der Waals surface area contributed by atoms with E-state index in [-0.39, 0.29) is 11.6 Å². The summed E-state index contributed by atoms with van der Waals surface area (Å²) in [7, 11) is 0. The molecule has 1 aromatic heterocycles. The number of pyridine rings is 1. The molecule has 0 unspecified atom stereocenters. The van der Waals surface area contributed by atoms with Crippen molar-refractivity contribution in [2.75, 3.05) is 0 Å². The summed E-state index contributed by atoms with van der Waals surface area (Å²) >= 11 is 3.23. The Morgan fingerprint density at radius 3 is 2.70 bits per heavy atom. The summed E-state index contributed by atoms with van der Waals surface area (Å²) < 4.78 is 13.6. The maximum absolute atomic E-state index is 13.1. The van der Waals surface area contributed by atoms with Crippen LogP contribution >= 0.6 is 15.9 Å². The number of carbonyl (C=O) groups is 1. The molecule has 0 spiro atoms. The summed E-state index contributed by atoms with van der Waals surface area (Å²) in [5, 5.41) is 0.788. The first-order valence-corrected chi connectivity index (χ1v) is 6.79. The van der Waals surface area contributed by atoms with Crippen LogP contribution in [-0.2, 0) is 0 Å². The van der Waals surface area contributed by atoms with Gasteiger partial charge < -0.3 is 0 Å². The first-order valence-electron chi connectivity index (χ1n) is 6.00. The van der Waals surface area contributed by atoms with Crippen LogP contribution in [0.15, 0.2) is 59.2 Å². The molecular weight excluding hydrogens is 321 g/mol. The molecule has 0 aliphatic heterocycles. The van der Waals surface area contributed by atoms with Gasteiger partial charge in [-0.1, -0.05) is 18.2 Å². The van der Waals surface area contributed by atoms with E-state index in [1.165, 1.54) is 18.2 Å². The van der Waals surface area contributed by atoms with Crippen molar-refractivity contribution in [1.82, 2.24) is 4.98 Å². The zero-order chi connectivity index (χ0) is 14.1. The topological polar surface area (TPSA) is 30.0 Å². The molecule has 0 fully saturated rings. The van der Waals surface area contributed by atoms with E-state index >= 15 is 0 Å². The molecule has 0 radical (unpaired) electrons. The lowest BCUT2D eigenvalue weighted by molar-refractivity contribution is 0.103. The number of hydrogen-bond donors (Lipinski definition) is 0. The first kappa shape index (κ1) is 12.9. The fourth-order valence-electron chi connectivity index (χ4n) is 2.12. The van der Waals surface area contributed by atoms with E-state index in [0.717, 1.165) is 10.9 Å². The van der Waals surface area contributed by atoms with Crippen LogP contribution in [0.3, 0.4) is 0 Å². The van der Waals surface area contributed by atoms with Crippen LogP contribution in [-0.4, -0.2) is 10.8 Å². The molecule has 0 N–H and O–H groups in total. The van der Waals surface area contributed by atoms with E-state index in [9.17, 15) is 9.18 Å². The molecule has 2 aromatic carbocycles. The summed E-state index contributed by atoms with van der Waals surface area (Å²) in [6, 6.07) is 13.1. The Morgan fingerprint density at radius 2 is 1.90 bits per heavy atom. The van der Waals surface area contributed by atoms with Gasteiger partial charge in [-0.25, -0.2) is 4.39 Å². The van der Waals surface area contributed by atoms with Gasteiger partial charge >= 0.3 is 0 Å². The van der Waals surface area contributed by atoms with Gasteiger partial charge in [-0.05, 0) is 46.3 Å². The van der Waals surface area contributed by atoms with Crippen molar-refractivity contribution in [1.29, 1.82) is 0 Å². The maximum Gasteiger partial charge on any atom is 0.194 e. The second-order valence-corrected chi connectivity index (χ2v) is 5.18. The van der Waals surface area contributed by atoms with Crippen molar-refractivity contribution in [2.45, 2.75) is 0 Å². The SMILES string of the molecule is O=C(c1ccc(F)cc1Br)c1cccc2ncccc12. The van der Waals surface area contributed by atoms with Crippen LogP contribution < -0.4 is 0 Å². The van der Waals surface area contributed by atoms with Crippen LogP contribution in [0.2, 0.25) is 0 Å². The summed E-state index contributed by atoms with van der Waals surface area (Å²) in [5.74, 6) is -0.538. The van der Waals surface area contributed by atoms with Gasteiger partial charge in [0.15, 0.2) is 5.78 Å². The molecular formula is C16H9BrFNO. The van der Waals surface area contributed by atoms with E-state index < -0.39 is 0 Å². The lowest BCUT2D eigenvalue weighted by Crippen LogP contribution is -2.03. The molecule has 0 saturated carbocycles. The third kappa shape index (κ3) is 2.23. The fourth-order valence-corrected chi connectivity index (χ4v) is 2.65. The van der Waals surface area contributed by atoms with Gasteiger partial charge in [0.25, 0.3) is 0 Å². The van der Waals surface area contributed by atoms with Gasteiger partial charge in [0.1, 0.15) is 5.82 Å². The largest absolute Gasteiger partial charge is 0.289 e. The smallest absolute Gasteiger partial charge is 0.194 e. The fraction of sp³-hybridized carbons (Fsp3) is 0. The Morgan fingerprint density at radius 1 is 1.05 bits per heavy atom. The number of carbonyl (C=O) groups excluding carboxylic acids is 1. The summed E-state index contributed by atoms with van der Waals surface area (Å²) in [6.07, 6.45) is 1.68. The Kier molecular flexibility index (Phi) is 3.32. The molecule has 2 nitrogen and oxygen atoms in total. The van der Waals surface area contributed by atoms with Gasteiger partial charge in [-0.3, -0.25) is 9.78 Å². The Labute approximate surface area is 123 Å². The molecule has 0 aliphatic rings. The van der Waals surface area contributed by atoms with E-state index in [0.29, 0.717) is 15.6 Å². The van der Waals surface area contributed by atoms with Crippen molar-refractivity contribution in [2.24, 2.45) is 0 Å². The number of aromatic nitrogens is 1. The van der Waals surface area contributed by atoms with Crippen molar-refractivity contribution in [3.8, 4) is 0 Å². The zero-order valence-electron chi connectivity index (χ0n) is 10.3. The zero-order valence-corrected chi connectivity index (χ0v) is 11.9. The van der Waals surface area contributed by atoms with Crippen molar-refractivity contribution >= 4 is 32.6 Å². The predicted octanol–water partition coefficient (Wildman–Crippen LogP) is 4.37. The van der Waals surface area contributed by atoms with Gasteiger partial charge in [-0.15, -0.1) is 0 Å². The highest BCUT2D eigenvalue weighted by atomic mass is 79.9. The number of ketones is 1. The lowest BCUT2D eigenvalue weighted by Gasteiger charge is -2.07. The Hall–Kier alpha value is -2.07. The number of hydrogen-bond acceptors (Lipinski definition) is 2. The molecule has 0 amide bonds. The van der Waals surface area contributed by atoms with Crippen molar-refractivity contribution in [3.05, 3.63) is 76.1 Å². The highest BCUT2D eigenvalue weighted by molar-refractivity contribution is 9.10. The molecule has 0 saturated heterocycles. The molecule has 20 heavy (non-hydrogen) atoms. The van der Waals surface area contributed by atoms with E-state index in [1.54, 1.807) is 24.4 Å². The molecule has 0 bridgehead atoms. The van der Waals surface area contributed by atoms with E-state index in [2.05, 4.69) is 20.9 Å². The summed E-state index contributed by atoms with van der Waals surface area (Å²) in [4.78, 5) is 16.8. The minimum absolute atomic E-state index is 0.157. The van der Waals surface area contributed by atoms with Crippen LogP contribution in [0, 0.1) is 5.82 Å². The van der Waals surface area contributed by atoms with Crippen LogP contribution in [0.5, 0.6) is 0 Å². The minimum atomic E-state index is -0.381. The lowest BCUT2D eigenvalue weighted by atomic mass is 9.99. The average molecular weight is 330 g/mol. The van der Waals surface area contributed by atoms with Crippen molar-refractivity contribution in [3.63, 3.8) is 0 Å². The molecule has 0 aliphatic carbocycles. The molecule has 3 aromatic rings. The van der Waals surface area contributed by atoms with Gasteiger partial charge in [0.05, 0.1) is 5.52 Å². The summed E-state index contributed by atoms with van der Waals surface area (Å²) in [5.41, 5.74) is 1.75. The Balaban J connectivity index is 2.18. The van der Waals surface area contributed by atoms with Gasteiger partial charge in [0.2, 0.25) is 0 Å². The van der Waals surface area contributed by atoms with E-state index in [4.69, 9.17) is 0 Å². The molecule has 0 atom stereocenters. The number of fused-ring (bicyclic) bond motifs is 1. The van der Waals surface area contributed by atoms with E-state index in [1.807, 2.05) is 12.1 Å². The quantitative estimate of drug-likeness (QED) is 0.653. The second-order valence-electron chi connectivity index (χ2n) is 4.33. The highest BCUT2D eigenvalue weighted by Crippen LogP contribution is 2.24. The van der Waals surface area contributed by atoms with Gasteiger partial charge in [-0.2, -0.15) is 0 Å². The standard InChI is InChI=1S/C16H9BrFNO/c17-14-9-10(18)6-7-13(14)16(20)12-3-1-5-15-11(12)4-2-8-19-15/h1-9H. The molecule has 1 heterocycles. The maximum atomic E-state index is 13.1. The molecule has 4 heteroatoms. The monoisotopic (exact) mass is 329 g/mol. The van der Waals surface area contributed by atoms with Gasteiger partial charge in [0, 0.05) is 27.2 Å². The predicted molar refractivity (Wildman–Crippen MR) is 79.3 cm³/mol. The third-order valence-corrected chi connectivity index (χ3v) is 3.72.